The Bertz CT molecular complexity index is 1260. The predicted molar refractivity (Wildman–Crippen MR) is 112 cm³/mol. The van der Waals surface area contributed by atoms with E-state index >= 15 is 0 Å². The minimum Gasteiger partial charge on any atom is -0.495 e. The van der Waals surface area contributed by atoms with E-state index in [4.69, 9.17) is 4.74 Å². The Hall–Kier alpha value is -3.11. The number of anilines is 2. The summed E-state index contributed by atoms with van der Waals surface area (Å²) in [6.45, 7) is 1.82. The largest absolute Gasteiger partial charge is 0.495 e. The number of benzene rings is 3. The lowest BCUT2D eigenvalue weighted by molar-refractivity contribution is 0.417. The van der Waals surface area contributed by atoms with Gasteiger partial charge in [0.15, 0.2) is 0 Å². The molecule has 0 amide bonds. The highest BCUT2D eigenvalue weighted by Gasteiger charge is 2.18. The molecular formula is C20H19FN2O5S2. The molecule has 0 aromatic heterocycles. The fraction of sp³-hybridized carbons (Fsp3) is 0.100. The van der Waals surface area contributed by atoms with Crippen LogP contribution >= 0.6 is 0 Å². The number of hydrogen-bond acceptors (Lipinski definition) is 5. The first-order valence-electron chi connectivity index (χ1n) is 8.67. The van der Waals surface area contributed by atoms with Crippen LogP contribution in [0.25, 0.3) is 0 Å². The molecule has 0 saturated carbocycles. The average molecular weight is 451 g/mol. The van der Waals surface area contributed by atoms with E-state index in [9.17, 15) is 21.2 Å². The Labute approximate surface area is 174 Å². The zero-order chi connectivity index (χ0) is 21.9. The van der Waals surface area contributed by atoms with E-state index in [1.807, 2.05) is 6.92 Å². The third kappa shape index (κ3) is 4.89. The van der Waals surface area contributed by atoms with Crippen molar-refractivity contribution in [3.05, 3.63) is 78.1 Å². The topological polar surface area (TPSA) is 102 Å². The van der Waals surface area contributed by atoms with Crippen LogP contribution in [0.1, 0.15) is 5.56 Å². The van der Waals surface area contributed by atoms with Crippen LogP contribution in [0.2, 0.25) is 0 Å². The maximum Gasteiger partial charge on any atom is 0.262 e. The molecule has 30 heavy (non-hydrogen) atoms. The Morgan fingerprint density at radius 3 is 1.87 bits per heavy atom. The number of rotatable bonds is 7. The lowest BCUT2D eigenvalue weighted by Gasteiger charge is -2.13. The van der Waals surface area contributed by atoms with E-state index in [0.717, 1.165) is 29.8 Å². The number of aryl methyl sites for hydroxylation is 1. The molecule has 0 atom stereocenters. The molecule has 0 aliphatic heterocycles. The second kappa shape index (κ2) is 8.33. The van der Waals surface area contributed by atoms with Gasteiger partial charge in [-0.1, -0.05) is 6.07 Å². The Kier molecular flexibility index (Phi) is 5.99. The van der Waals surface area contributed by atoms with E-state index in [0.29, 0.717) is 11.4 Å². The molecule has 3 aromatic carbocycles. The minimum atomic E-state index is -3.94. The molecule has 0 radical (unpaired) electrons. The minimum absolute atomic E-state index is 0.0595. The van der Waals surface area contributed by atoms with E-state index in [1.165, 1.54) is 31.4 Å². The summed E-state index contributed by atoms with van der Waals surface area (Å²) in [5.41, 5.74) is 1.30. The summed E-state index contributed by atoms with van der Waals surface area (Å²) >= 11 is 0. The zero-order valence-corrected chi connectivity index (χ0v) is 17.7. The number of hydrogen-bond donors (Lipinski definition) is 2. The monoisotopic (exact) mass is 450 g/mol. The second-order valence-electron chi connectivity index (χ2n) is 6.39. The van der Waals surface area contributed by atoms with Crippen LogP contribution < -0.4 is 14.2 Å². The van der Waals surface area contributed by atoms with Gasteiger partial charge in [0.2, 0.25) is 0 Å². The van der Waals surface area contributed by atoms with Gasteiger partial charge in [-0.3, -0.25) is 9.44 Å². The zero-order valence-electron chi connectivity index (χ0n) is 16.1. The molecule has 3 rings (SSSR count). The first-order valence-corrected chi connectivity index (χ1v) is 11.6. The van der Waals surface area contributed by atoms with Crippen molar-refractivity contribution in [3.63, 3.8) is 0 Å². The van der Waals surface area contributed by atoms with Gasteiger partial charge in [0.25, 0.3) is 20.0 Å². The highest BCUT2D eigenvalue weighted by molar-refractivity contribution is 7.93. The van der Waals surface area contributed by atoms with Gasteiger partial charge in [-0.25, -0.2) is 21.2 Å². The maximum atomic E-state index is 13.0. The molecule has 7 nitrogen and oxygen atoms in total. The van der Waals surface area contributed by atoms with Crippen LogP contribution in [0.4, 0.5) is 15.8 Å². The lowest BCUT2D eigenvalue weighted by Crippen LogP contribution is -2.15. The summed E-state index contributed by atoms with van der Waals surface area (Å²) in [5, 5.41) is 0. The van der Waals surface area contributed by atoms with Gasteiger partial charge in [0.1, 0.15) is 11.6 Å². The van der Waals surface area contributed by atoms with Crippen molar-refractivity contribution in [3.8, 4) is 5.75 Å². The van der Waals surface area contributed by atoms with Gasteiger partial charge in [-0.2, -0.15) is 0 Å². The van der Waals surface area contributed by atoms with Crippen LogP contribution in [0.5, 0.6) is 5.75 Å². The molecule has 0 unspecified atom stereocenters. The number of ether oxygens (including phenoxy) is 1. The molecule has 0 fully saturated rings. The summed E-state index contributed by atoms with van der Waals surface area (Å²) in [6, 6.07) is 14.6. The molecule has 0 aliphatic rings. The summed E-state index contributed by atoms with van der Waals surface area (Å²) in [4.78, 5) is -0.176. The van der Waals surface area contributed by atoms with Crippen molar-refractivity contribution in [1.82, 2.24) is 0 Å². The number of sulfonamides is 2. The van der Waals surface area contributed by atoms with Crippen molar-refractivity contribution in [2.75, 3.05) is 16.6 Å². The number of halogens is 1. The van der Waals surface area contributed by atoms with Crippen LogP contribution in [0, 0.1) is 12.7 Å². The third-order valence-corrected chi connectivity index (χ3v) is 6.92. The van der Waals surface area contributed by atoms with Crippen molar-refractivity contribution in [2.24, 2.45) is 0 Å². The first kappa shape index (κ1) is 21.6. The third-order valence-electron chi connectivity index (χ3n) is 4.14. The molecule has 2 N–H and O–H groups in total. The van der Waals surface area contributed by atoms with Gasteiger partial charge < -0.3 is 4.74 Å². The molecule has 0 heterocycles. The molecule has 0 bridgehead atoms. The van der Waals surface area contributed by atoms with Gasteiger partial charge in [0.05, 0.1) is 22.6 Å². The first-order chi connectivity index (χ1) is 14.1. The number of nitrogens with one attached hydrogen (secondary N) is 2. The van der Waals surface area contributed by atoms with Crippen molar-refractivity contribution >= 4 is 31.4 Å². The van der Waals surface area contributed by atoms with Gasteiger partial charge in [-0.15, -0.1) is 0 Å². The van der Waals surface area contributed by atoms with Gasteiger partial charge in [-0.05, 0) is 73.2 Å². The Balaban J connectivity index is 1.81. The van der Waals surface area contributed by atoms with E-state index in [-0.39, 0.29) is 15.5 Å². The molecule has 0 spiro atoms. The van der Waals surface area contributed by atoms with E-state index in [2.05, 4.69) is 9.44 Å². The molecule has 158 valence electrons. The van der Waals surface area contributed by atoms with Crippen LogP contribution in [0.15, 0.2) is 76.5 Å². The average Bonchev–Trinajstić information content (AvgIpc) is 2.68. The Morgan fingerprint density at radius 2 is 1.30 bits per heavy atom. The maximum absolute atomic E-state index is 13.0. The molecule has 3 aromatic rings. The lowest BCUT2D eigenvalue weighted by atomic mass is 10.2. The normalized spacial score (nSPS) is 11.7. The fourth-order valence-corrected chi connectivity index (χ4v) is 4.76. The van der Waals surface area contributed by atoms with Crippen LogP contribution in [0.3, 0.4) is 0 Å². The predicted octanol–water partition coefficient (Wildman–Crippen LogP) is 3.74. The van der Waals surface area contributed by atoms with Crippen molar-refractivity contribution < 1.29 is 26.0 Å². The quantitative estimate of drug-likeness (QED) is 0.571. The van der Waals surface area contributed by atoms with Crippen LogP contribution in [-0.4, -0.2) is 23.9 Å². The van der Waals surface area contributed by atoms with E-state index in [1.54, 1.807) is 18.2 Å². The van der Waals surface area contributed by atoms with E-state index < -0.39 is 25.9 Å². The summed E-state index contributed by atoms with van der Waals surface area (Å²) < 4.78 is 73.1. The molecular weight excluding hydrogens is 431 g/mol. The summed E-state index contributed by atoms with van der Waals surface area (Å²) in [6.07, 6.45) is 0. The van der Waals surface area contributed by atoms with Crippen molar-refractivity contribution in [2.45, 2.75) is 16.7 Å². The van der Waals surface area contributed by atoms with Gasteiger partial charge in [0, 0.05) is 5.69 Å². The van der Waals surface area contributed by atoms with Gasteiger partial charge >= 0.3 is 0 Å². The molecule has 0 aliphatic carbocycles. The number of methoxy groups -OCH3 is 1. The van der Waals surface area contributed by atoms with Crippen molar-refractivity contribution in [1.29, 1.82) is 0 Å². The smallest absolute Gasteiger partial charge is 0.262 e. The molecule has 0 saturated heterocycles. The summed E-state index contributed by atoms with van der Waals surface area (Å²) in [5.74, 6) is -0.186. The highest BCUT2D eigenvalue weighted by atomic mass is 32.2. The fourth-order valence-electron chi connectivity index (χ4n) is 2.64. The summed E-state index contributed by atoms with van der Waals surface area (Å²) in [7, 11) is -6.43. The Morgan fingerprint density at radius 1 is 0.767 bits per heavy atom. The highest BCUT2D eigenvalue weighted by Crippen LogP contribution is 2.28. The van der Waals surface area contributed by atoms with Crippen LogP contribution in [-0.2, 0) is 20.0 Å². The SMILES string of the molecule is COc1ccc(C)cc1NS(=O)(=O)c1ccc(NS(=O)(=O)c2ccc(F)cc2)cc1. The standard InChI is InChI=1S/C20H19FN2O5S2/c1-14-3-12-20(28-2)19(13-14)23-30(26,27)18-10-6-16(7-11-18)22-29(24,25)17-8-4-15(21)5-9-17/h3-13,22-23H,1-2H3. The second-order valence-corrected chi connectivity index (χ2v) is 9.76. The molecule has 10 heteroatoms.